The van der Waals surface area contributed by atoms with Crippen LogP contribution in [0.4, 0.5) is 4.79 Å². The van der Waals surface area contributed by atoms with Crippen molar-refractivity contribution in [3.8, 4) is 0 Å². The van der Waals surface area contributed by atoms with Crippen molar-refractivity contribution in [1.82, 2.24) is 15.2 Å². The zero-order chi connectivity index (χ0) is 13.9. The van der Waals surface area contributed by atoms with E-state index in [9.17, 15) is 4.79 Å². The van der Waals surface area contributed by atoms with Gasteiger partial charge in [0.25, 0.3) is 0 Å². The van der Waals surface area contributed by atoms with E-state index in [0.717, 1.165) is 31.0 Å². The molecule has 1 aliphatic heterocycles. The first kappa shape index (κ1) is 14.2. The van der Waals surface area contributed by atoms with Crippen LogP contribution in [0.15, 0.2) is 5.38 Å². The van der Waals surface area contributed by atoms with Crippen LogP contribution >= 0.6 is 23.1 Å². The van der Waals surface area contributed by atoms with Crippen molar-refractivity contribution in [3.05, 3.63) is 16.1 Å². The Morgan fingerprint density at radius 1 is 1.55 bits per heavy atom. The molecule has 1 aliphatic carbocycles. The van der Waals surface area contributed by atoms with Gasteiger partial charge in [0.2, 0.25) is 0 Å². The Hall–Kier alpha value is -0.750. The quantitative estimate of drug-likeness (QED) is 0.929. The van der Waals surface area contributed by atoms with Crippen LogP contribution in [-0.4, -0.2) is 40.0 Å². The highest BCUT2D eigenvalue weighted by molar-refractivity contribution is 8.00. The highest BCUT2D eigenvalue weighted by Crippen LogP contribution is 2.41. The lowest BCUT2D eigenvalue weighted by Crippen LogP contribution is -2.46. The van der Waals surface area contributed by atoms with Gasteiger partial charge in [-0.2, -0.15) is 11.8 Å². The van der Waals surface area contributed by atoms with E-state index in [-0.39, 0.29) is 6.03 Å². The predicted molar refractivity (Wildman–Crippen MR) is 84.4 cm³/mol. The lowest BCUT2D eigenvalue weighted by atomic mass is 10.3. The molecule has 2 heterocycles. The molecule has 110 valence electrons. The number of carbonyl (C=O) groups is 1. The van der Waals surface area contributed by atoms with E-state index in [0.29, 0.717) is 17.7 Å². The SMILES string of the molecule is CCC1CN(C(=O)NCc2csc(C3CC3)n2)CCS1. The number of amides is 2. The lowest BCUT2D eigenvalue weighted by Gasteiger charge is -2.31. The number of thioether (sulfide) groups is 1. The van der Waals surface area contributed by atoms with E-state index >= 15 is 0 Å². The number of hydrogen-bond donors (Lipinski definition) is 1. The Kier molecular flexibility index (Phi) is 4.51. The average molecular weight is 311 g/mol. The number of rotatable bonds is 4. The monoisotopic (exact) mass is 311 g/mol. The van der Waals surface area contributed by atoms with Crippen LogP contribution in [-0.2, 0) is 6.54 Å². The second kappa shape index (κ2) is 6.35. The fraction of sp³-hybridized carbons (Fsp3) is 0.714. The maximum absolute atomic E-state index is 12.2. The molecule has 20 heavy (non-hydrogen) atoms. The smallest absolute Gasteiger partial charge is 0.317 e. The number of nitrogens with zero attached hydrogens (tertiary/aromatic N) is 2. The highest BCUT2D eigenvalue weighted by Gasteiger charge is 2.27. The summed E-state index contributed by atoms with van der Waals surface area (Å²) in [5.41, 5.74) is 1.00. The van der Waals surface area contributed by atoms with Crippen LogP contribution in [0.2, 0.25) is 0 Å². The molecule has 0 bridgehead atoms. The third kappa shape index (κ3) is 3.47. The zero-order valence-electron chi connectivity index (χ0n) is 11.8. The summed E-state index contributed by atoms with van der Waals surface area (Å²) in [7, 11) is 0. The Bertz CT molecular complexity index is 473. The van der Waals surface area contributed by atoms with Gasteiger partial charge in [0.15, 0.2) is 0 Å². The third-order valence-corrected chi connectivity index (χ3v) is 6.23. The number of urea groups is 1. The molecule has 2 aliphatic rings. The summed E-state index contributed by atoms with van der Waals surface area (Å²) in [6, 6.07) is 0.0599. The summed E-state index contributed by atoms with van der Waals surface area (Å²) in [5.74, 6) is 1.75. The molecule has 1 saturated carbocycles. The topological polar surface area (TPSA) is 45.2 Å². The molecule has 1 aromatic rings. The van der Waals surface area contributed by atoms with Crippen LogP contribution in [0.1, 0.15) is 42.8 Å². The van der Waals surface area contributed by atoms with Crippen molar-refractivity contribution in [3.63, 3.8) is 0 Å². The first-order valence-corrected chi connectivity index (χ1v) is 9.27. The van der Waals surface area contributed by atoms with Crippen molar-refractivity contribution in [2.24, 2.45) is 0 Å². The Labute approximate surface area is 128 Å². The van der Waals surface area contributed by atoms with Crippen molar-refractivity contribution < 1.29 is 4.79 Å². The molecular formula is C14H21N3OS2. The Morgan fingerprint density at radius 2 is 2.40 bits per heavy atom. The second-order valence-electron chi connectivity index (χ2n) is 5.46. The largest absolute Gasteiger partial charge is 0.332 e. The van der Waals surface area contributed by atoms with Gasteiger partial charge in [0.1, 0.15) is 0 Å². The second-order valence-corrected chi connectivity index (χ2v) is 7.76. The van der Waals surface area contributed by atoms with Crippen molar-refractivity contribution in [2.45, 2.75) is 43.9 Å². The lowest BCUT2D eigenvalue weighted by molar-refractivity contribution is 0.198. The number of nitrogens with one attached hydrogen (secondary N) is 1. The predicted octanol–water partition coefficient (Wildman–Crippen LogP) is 3.06. The molecule has 2 fully saturated rings. The van der Waals surface area contributed by atoms with Crippen LogP contribution in [0.25, 0.3) is 0 Å². The third-order valence-electron chi connectivity index (χ3n) is 3.80. The summed E-state index contributed by atoms with van der Waals surface area (Å²) in [5, 5.41) is 6.92. The number of aromatic nitrogens is 1. The van der Waals surface area contributed by atoms with Gasteiger partial charge in [0, 0.05) is 35.4 Å². The molecule has 1 N–H and O–H groups in total. The van der Waals surface area contributed by atoms with Crippen LogP contribution in [0, 0.1) is 0 Å². The van der Waals surface area contributed by atoms with Gasteiger partial charge in [-0.3, -0.25) is 0 Å². The van der Waals surface area contributed by atoms with E-state index in [4.69, 9.17) is 0 Å². The van der Waals surface area contributed by atoms with E-state index in [1.165, 1.54) is 17.8 Å². The number of hydrogen-bond acceptors (Lipinski definition) is 4. The zero-order valence-corrected chi connectivity index (χ0v) is 13.4. The molecular weight excluding hydrogens is 290 g/mol. The summed E-state index contributed by atoms with van der Waals surface area (Å²) >= 11 is 3.71. The normalized spacial score (nSPS) is 22.9. The standard InChI is InChI=1S/C14H21N3OS2/c1-2-12-8-17(5-6-19-12)14(18)15-7-11-9-20-13(16-11)10-3-4-10/h9-10,12H,2-8H2,1H3,(H,15,18). The van der Waals surface area contributed by atoms with Gasteiger partial charge in [-0.25, -0.2) is 9.78 Å². The molecule has 0 radical (unpaired) electrons. The van der Waals surface area contributed by atoms with Crippen LogP contribution in [0.5, 0.6) is 0 Å². The van der Waals surface area contributed by atoms with E-state index in [1.54, 1.807) is 11.3 Å². The fourth-order valence-corrected chi connectivity index (χ4v) is 4.52. The molecule has 2 amide bonds. The van der Waals surface area contributed by atoms with Crippen LogP contribution < -0.4 is 5.32 Å². The van der Waals surface area contributed by atoms with Gasteiger partial charge in [-0.1, -0.05) is 6.92 Å². The minimum atomic E-state index is 0.0599. The molecule has 1 unspecified atom stereocenters. The molecule has 1 aromatic heterocycles. The molecule has 4 nitrogen and oxygen atoms in total. The van der Waals surface area contributed by atoms with Crippen molar-refractivity contribution in [2.75, 3.05) is 18.8 Å². The maximum Gasteiger partial charge on any atom is 0.317 e. The van der Waals surface area contributed by atoms with E-state index < -0.39 is 0 Å². The fourth-order valence-electron chi connectivity index (χ4n) is 2.35. The van der Waals surface area contributed by atoms with Gasteiger partial charge in [-0.05, 0) is 19.3 Å². The van der Waals surface area contributed by atoms with Gasteiger partial charge >= 0.3 is 6.03 Å². The Morgan fingerprint density at radius 3 is 3.15 bits per heavy atom. The molecule has 6 heteroatoms. The summed E-state index contributed by atoms with van der Waals surface area (Å²) in [4.78, 5) is 18.7. The van der Waals surface area contributed by atoms with Crippen molar-refractivity contribution in [1.29, 1.82) is 0 Å². The Balaban J connectivity index is 1.48. The molecule has 0 aromatic carbocycles. The number of carbonyl (C=O) groups excluding carboxylic acids is 1. The highest BCUT2D eigenvalue weighted by atomic mass is 32.2. The average Bonchev–Trinajstić information content (AvgIpc) is 3.24. The van der Waals surface area contributed by atoms with Crippen molar-refractivity contribution >= 4 is 29.1 Å². The molecule has 0 spiro atoms. The van der Waals surface area contributed by atoms with Gasteiger partial charge < -0.3 is 10.2 Å². The van der Waals surface area contributed by atoms with Gasteiger partial charge in [-0.15, -0.1) is 11.3 Å². The first-order chi connectivity index (χ1) is 9.76. The first-order valence-electron chi connectivity index (χ1n) is 7.35. The minimum absolute atomic E-state index is 0.0599. The molecule has 1 atom stereocenters. The molecule has 3 rings (SSSR count). The molecule has 1 saturated heterocycles. The van der Waals surface area contributed by atoms with E-state index in [2.05, 4.69) is 22.6 Å². The maximum atomic E-state index is 12.2. The summed E-state index contributed by atoms with van der Waals surface area (Å²) < 4.78 is 0. The van der Waals surface area contributed by atoms with E-state index in [1.807, 2.05) is 16.7 Å². The number of thiazole rings is 1. The van der Waals surface area contributed by atoms with Gasteiger partial charge in [0.05, 0.1) is 17.2 Å². The van der Waals surface area contributed by atoms with Crippen LogP contribution in [0.3, 0.4) is 0 Å². The summed E-state index contributed by atoms with van der Waals surface area (Å²) in [6.45, 7) is 4.48. The summed E-state index contributed by atoms with van der Waals surface area (Å²) in [6.07, 6.45) is 3.69. The minimum Gasteiger partial charge on any atom is -0.332 e.